The highest BCUT2D eigenvalue weighted by Crippen LogP contribution is 2.43. The van der Waals surface area contributed by atoms with Crippen molar-refractivity contribution in [1.82, 2.24) is 8.97 Å². The van der Waals surface area contributed by atoms with Crippen molar-refractivity contribution < 1.29 is 0 Å². The molecule has 3 heterocycles. The van der Waals surface area contributed by atoms with Crippen molar-refractivity contribution >= 4 is 81.4 Å². The molecule has 12 rings (SSSR count). The average molecular weight is 991 g/mol. The van der Waals surface area contributed by atoms with Crippen LogP contribution in [0.3, 0.4) is 0 Å². The summed E-state index contributed by atoms with van der Waals surface area (Å²) in [6, 6.07) is 63.4. The molecule has 0 N–H and O–H groups in total. The van der Waals surface area contributed by atoms with Crippen LogP contribution in [-0.4, -0.2) is 8.97 Å². The van der Waals surface area contributed by atoms with Gasteiger partial charge in [-0.3, -0.25) is 0 Å². The van der Waals surface area contributed by atoms with Gasteiger partial charge in [-0.2, -0.15) is 0 Å². The molecule has 9 aromatic carbocycles. The summed E-state index contributed by atoms with van der Waals surface area (Å²) in [5.41, 5.74) is 18.9. The maximum Gasteiger partial charge on any atom is 0.0620 e. The first kappa shape index (κ1) is 53.8. The van der Waals surface area contributed by atoms with E-state index in [1.807, 2.05) is 79.7 Å². The molecule has 0 aliphatic carbocycles. The van der Waals surface area contributed by atoms with E-state index in [0.717, 1.165) is 12.0 Å². The highest BCUT2D eigenvalue weighted by atomic mass is 15.0. The molecule has 76 heavy (non-hydrogen) atoms. The lowest BCUT2D eigenvalue weighted by molar-refractivity contribution is 1.16. The summed E-state index contributed by atoms with van der Waals surface area (Å²) >= 11 is 0. The number of benzene rings is 9. The maximum atomic E-state index is 3.93. The molecule has 0 saturated carbocycles. The highest BCUT2D eigenvalue weighted by Gasteiger charge is 2.20. The summed E-state index contributed by atoms with van der Waals surface area (Å²) in [4.78, 5) is 0. The van der Waals surface area contributed by atoms with E-state index < -0.39 is 0 Å². The largest absolute Gasteiger partial charge is 0.309 e. The summed E-state index contributed by atoms with van der Waals surface area (Å²) in [6.45, 7) is 30.1. The van der Waals surface area contributed by atoms with Crippen LogP contribution in [0.1, 0.15) is 80.4 Å². The predicted molar refractivity (Wildman–Crippen MR) is 340 cm³/mol. The fourth-order valence-corrected chi connectivity index (χ4v) is 10.9. The van der Waals surface area contributed by atoms with Crippen LogP contribution in [0.2, 0.25) is 0 Å². The minimum absolute atomic E-state index is 0.956. The molecule has 0 bridgehead atoms. The molecule has 3 aromatic heterocycles. The Kier molecular flexibility index (Phi) is 17.2. The first-order valence-electron chi connectivity index (χ1n) is 27.3. The number of rotatable bonds is 8. The Balaban J connectivity index is 0.000000313. The van der Waals surface area contributed by atoms with Crippen LogP contribution in [0.15, 0.2) is 242 Å². The lowest BCUT2D eigenvalue weighted by Crippen LogP contribution is -1.95. The van der Waals surface area contributed by atoms with Gasteiger partial charge in [0.2, 0.25) is 0 Å². The summed E-state index contributed by atoms with van der Waals surface area (Å²) in [5.74, 6) is 0. The SMILES string of the molecule is C=C(C)C(=C\C=C/C)/C(C)=C/C.C=C/C=C\C.CC.CC.CCc1c(-c2cc(-c3ccc(-n4c5ccccc5c5cc6ccccc6cc54)cc3)ccc2C)ccc2cc3c(cc12)c1cccc2c4ccccc4n3c21. The molecule has 380 valence electrons. The van der Waals surface area contributed by atoms with Gasteiger partial charge in [0.05, 0.1) is 27.6 Å². The second-order valence-corrected chi connectivity index (χ2v) is 18.9. The van der Waals surface area contributed by atoms with Gasteiger partial charge < -0.3 is 8.97 Å². The van der Waals surface area contributed by atoms with Crippen molar-refractivity contribution in [2.75, 3.05) is 0 Å². The van der Waals surface area contributed by atoms with Crippen molar-refractivity contribution in [3.05, 3.63) is 253 Å². The number of para-hydroxylation sites is 3. The molecule has 0 unspecified atom stereocenters. The molecule has 2 heteroatoms. The molecule has 0 spiro atoms. The van der Waals surface area contributed by atoms with Crippen molar-refractivity contribution in [1.29, 1.82) is 0 Å². The third kappa shape index (κ3) is 10.1. The zero-order chi connectivity index (χ0) is 54.0. The lowest BCUT2D eigenvalue weighted by Gasteiger charge is -2.16. The molecule has 0 saturated heterocycles. The van der Waals surface area contributed by atoms with E-state index in [0.29, 0.717) is 0 Å². The van der Waals surface area contributed by atoms with E-state index >= 15 is 0 Å². The van der Waals surface area contributed by atoms with Gasteiger partial charge in [0.25, 0.3) is 0 Å². The van der Waals surface area contributed by atoms with Crippen LogP contribution >= 0.6 is 0 Å². The first-order chi connectivity index (χ1) is 37.2. The smallest absolute Gasteiger partial charge is 0.0620 e. The average Bonchev–Trinajstić information content (AvgIpc) is 4.10. The predicted octanol–water partition coefficient (Wildman–Crippen LogP) is 22.3. The molecule has 2 nitrogen and oxygen atoms in total. The van der Waals surface area contributed by atoms with Crippen LogP contribution in [0.4, 0.5) is 0 Å². The quantitative estimate of drug-likeness (QED) is 0.134. The normalized spacial score (nSPS) is 11.8. The Morgan fingerprint density at radius 2 is 1.08 bits per heavy atom. The number of allylic oxidation sites excluding steroid dienone is 10. The Morgan fingerprint density at radius 3 is 1.71 bits per heavy atom. The minimum atomic E-state index is 0.956. The van der Waals surface area contributed by atoms with Crippen LogP contribution in [0.5, 0.6) is 0 Å². The van der Waals surface area contributed by atoms with E-state index in [1.54, 1.807) is 6.08 Å². The molecule has 12 aromatic rings. The minimum Gasteiger partial charge on any atom is -0.309 e. The fraction of sp³-hybridized carbons (Fsp3) is 0.162. The van der Waals surface area contributed by atoms with E-state index in [1.165, 1.54) is 132 Å². The zero-order valence-corrected chi connectivity index (χ0v) is 46.7. The molecule has 0 aliphatic rings. The second kappa shape index (κ2) is 24.3. The molecule has 0 atom stereocenters. The molecular weight excluding hydrogens is 917 g/mol. The fourth-order valence-electron chi connectivity index (χ4n) is 10.9. The topological polar surface area (TPSA) is 9.34 Å². The molecule has 0 radical (unpaired) electrons. The maximum absolute atomic E-state index is 3.93. The van der Waals surface area contributed by atoms with Crippen LogP contribution in [0, 0.1) is 6.92 Å². The van der Waals surface area contributed by atoms with Crippen molar-refractivity contribution in [2.45, 2.75) is 82.6 Å². The summed E-state index contributed by atoms with van der Waals surface area (Å²) in [6.07, 6.45) is 14.8. The number of fused-ring (bicyclic) bond motifs is 11. The van der Waals surface area contributed by atoms with Crippen LogP contribution in [0.25, 0.3) is 109 Å². The first-order valence-corrected chi connectivity index (χ1v) is 27.3. The molecule has 0 aliphatic heterocycles. The van der Waals surface area contributed by atoms with Gasteiger partial charge in [0, 0.05) is 38.0 Å². The second-order valence-electron chi connectivity index (χ2n) is 18.9. The van der Waals surface area contributed by atoms with Crippen LogP contribution < -0.4 is 0 Å². The van der Waals surface area contributed by atoms with Gasteiger partial charge in [-0.25, -0.2) is 0 Å². The number of hydrogen-bond acceptors (Lipinski definition) is 0. The number of aromatic nitrogens is 2. The van der Waals surface area contributed by atoms with Gasteiger partial charge in [-0.05, 0) is 169 Å². The summed E-state index contributed by atoms with van der Waals surface area (Å²) in [5, 5.41) is 13.0. The molecule has 0 amide bonds. The third-order valence-electron chi connectivity index (χ3n) is 14.5. The van der Waals surface area contributed by atoms with Crippen molar-refractivity contribution in [2.24, 2.45) is 0 Å². The van der Waals surface area contributed by atoms with E-state index in [4.69, 9.17) is 0 Å². The van der Waals surface area contributed by atoms with Gasteiger partial charge in [-0.1, -0.05) is 211 Å². The van der Waals surface area contributed by atoms with E-state index in [-0.39, 0.29) is 0 Å². The van der Waals surface area contributed by atoms with Gasteiger partial charge >= 0.3 is 0 Å². The van der Waals surface area contributed by atoms with Gasteiger partial charge in [0.15, 0.2) is 0 Å². The Labute approximate surface area is 452 Å². The Bertz CT molecular complexity index is 4160. The van der Waals surface area contributed by atoms with E-state index in [2.05, 4.69) is 225 Å². The summed E-state index contributed by atoms with van der Waals surface area (Å²) < 4.78 is 4.90. The third-order valence-corrected chi connectivity index (χ3v) is 14.5. The van der Waals surface area contributed by atoms with Crippen molar-refractivity contribution in [3.8, 4) is 27.9 Å². The molecular formula is C74H74N2. The zero-order valence-electron chi connectivity index (χ0n) is 46.7. The van der Waals surface area contributed by atoms with Crippen molar-refractivity contribution in [3.63, 3.8) is 0 Å². The van der Waals surface area contributed by atoms with Gasteiger partial charge in [-0.15, -0.1) is 0 Å². The number of aryl methyl sites for hydroxylation is 2. The lowest BCUT2D eigenvalue weighted by atomic mass is 9.88. The van der Waals surface area contributed by atoms with E-state index in [9.17, 15) is 0 Å². The van der Waals surface area contributed by atoms with Crippen LogP contribution in [-0.2, 0) is 6.42 Å². The highest BCUT2D eigenvalue weighted by molar-refractivity contribution is 6.25. The Morgan fingerprint density at radius 1 is 0.500 bits per heavy atom. The number of nitrogens with zero attached hydrogens (tertiary/aromatic N) is 2. The van der Waals surface area contributed by atoms with Gasteiger partial charge in [0.1, 0.15) is 0 Å². The Hall–Kier alpha value is -8.46. The standard InChI is InChI=1S/C53H36N2.C12H18.C5H8.2C2H6/c1-3-39-40(26-23-37-30-52-48(31-46(37)39)44-16-10-15-43-41-13-6-9-18-50(41)55(52)53(43)44)45-27-36(20-19-32(45)2)33-21-24-38(25-22-33)54-49-17-8-7-14-42(49)47-28-34-11-4-5-12-35(34)29-51(47)54;1-6-8-9-12(10(3)4)11(5)7-2;1-3-5-4-2;2*1-2/h4-31H,3H2,1-2H3;6-9H,3H2,1-2,4-5H3;3-5H,1H2,2H3;2*1-2H3/b;8-6-,11-7+,12-9+;5-4-;;. The molecule has 0 fully saturated rings. The summed E-state index contributed by atoms with van der Waals surface area (Å²) in [7, 11) is 0. The number of hydrogen-bond donors (Lipinski definition) is 0. The monoisotopic (exact) mass is 991 g/mol.